The number of thiophene rings is 1. The summed E-state index contributed by atoms with van der Waals surface area (Å²) in [4.78, 5) is 13.8. The van der Waals surface area contributed by atoms with Crippen molar-refractivity contribution in [2.24, 2.45) is 0 Å². The summed E-state index contributed by atoms with van der Waals surface area (Å²) in [7, 11) is 3.16. The Hall–Kier alpha value is -3.10. The van der Waals surface area contributed by atoms with Gasteiger partial charge >= 0.3 is 0 Å². The van der Waals surface area contributed by atoms with Gasteiger partial charge in [0.15, 0.2) is 0 Å². The molecule has 3 aromatic rings. The summed E-state index contributed by atoms with van der Waals surface area (Å²) in [6.45, 7) is 0. The molecule has 1 aromatic carbocycles. The highest BCUT2D eigenvalue weighted by Crippen LogP contribution is 2.37. The second kappa shape index (κ2) is 10.0. The number of aromatic nitrogens is 4. The van der Waals surface area contributed by atoms with Gasteiger partial charge in [-0.25, -0.2) is 0 Å². The van der Waals surface area contributed by atoms with Crippen LogP contribution in [0.1, 0.15) is 35.3 Å². The number of carbonyl (C=O) groups is 1. The van der Waals surface area contributed by atoms with Crippen LogP contribution in [0.15, 0.2) is 23.4 Å². The second-order valence-electron chi connectivity index (χ2n) is 7.08. The van der Waals surface area contributed by atoms with E-state index in [-0.39, 0.29) is 12.3 Å². The Morgan fingerprint density at radius 1 is 1.31 bits per heavy atom. The fraction of sp³-hybridized carbons (Fsp3) is 0.381. The van der Waals surface area contributed by atoms with E-state index in [0.717, 1.165) is 31.2 Å². The van der Waals surface area contributed by atoms with E-state index in [1.165, 1.54) is 28.0 Å². The number of nitrogens with one attached hydrogen (secondary N) is 1. The van der Waals surface area contributed by atoms with Crippen LogP contribution in [0.5, 0.6) is 11.5 Å². The lowest BCUT2D eigenvalue weighted by Crippen LogP contribution is -2.12. The number of thioether (sulfide) groups is 1. The number of amides is 1. The summed E-state index contributed by atoms with van der Waals surface area (Å²) in [5.41, 5.74) is 2.38. The number of fused-ring (bicyclic) bond motifs is 1. The molecule has 0 unspecified atom stereocenters. The highest BCUT2D eigenvalue weighted by atomic mass is 32.2. The van der Waals surface area contributed by atoms with Crippen LogP contribution in [0.2, 0.25) is 0 Å². The minimum Gasteiger partial charge on any atom is -0.497 e. The molecular formula is C21H22N6O3S2. The third-order valence-corrected chi connectivity index (χ3v) is 7.28. The highest BCUT2D eigenvalue weighted by Gasteiger charge is 2.22. The van der Waals surface area contributed by atoms with Crippen molar-refractivity contribution >= 4 is 34.0 Å². The number of ether oxygens (including phenoxy) is 2. The number of tetrazole rings is 1. The SMILES string of the molecule is COc1ccc(OC)c(-n2nnnc2SCCC(=O)Nc2sc3c(c2C#N)CCCC3)c1. The summed E-state index contributed by atoms with van der Waals surface area (Å²) < 4.78 is 12.3. The van der Waals surface area contributed by atoms with Crippen molar-refractivity contribution in [2.45, 2.75) is 37.3 Å². The first kappa shape index (κ1) is 22.1. The summed E-state index contributed by atoms with van der Waals surface area (Å²) in [6, 6.07) is 7.63. The normalized spacial score (nSPS) is 12.7. The molecule has 0 radical (unpaired) electrons. The molecule has 11 heteroatoms. The largest absolute Gasteiger partial charge is 0.497 e. The molecule has 166 valence electrons. The Balaban J connectivity index is 1.41. The zero-order valence-corrected chi connectivity index (χ0v) is 19.4. The van der Waals surface area contributed by atoms with E-state index < -0.39 is 0 Å². The number of rotatable bonds is 8. The third kappa shape index (κ3) is 4.56. The monoisotopic (exact) mass is 470 g/mol. The van der Waals surface area contributed by atoms with Gasteiger partial charge in [-0.1, -0.05) is 11.8 Å². The van der Waals surface area contributed by atoms with E-state index in [1.54, 1.807) is 37.1 Å². The van der Waals surface area contributed by atoms with Crippen molar-refractivity contribution in [3.05, 3.63) is 34.2 Å². The molecule has 1 N–H and O–H groups in total. The first-order valence-corrected chi connectivity index (χ1v) is 11.9. The molecule has 4 rings (SSSR count). The molecule has 9 nitrogen and oxygen atoms in total. The first-order chi connectivity index (χ1) is 15.6. The maximum absolute atomic E-state index is 12.5. The van der Waals surface area contributed by atoms with Gasteiger partial charge < -0.3 is 14.8 Å². The van der Waals surface area contributed by atoms with E-state index in [2.05, 4.69) is 26.9 Å². The predicted molar refractivity (Wildman–Crippen MR) is 122 cm³/mol. The number of methoxy groups -OCH3 is 2. The van der Waals surface area contributed by atoms with Crippen LogP contribution in [0, 0.1) is 11.3 Å². The van der Waals surface area contributed by atoms with E-state index >= 15 is 0 Å². The maximum Gasteiger partial charge on any atom is 0.225 e. The Morgan fingerprint density at radius 2 is 2.16 bits per heavy atom. The number of benzene rings is 1. The molecule has 0 fully saturated rings. The second-order valence-corrected chi connectivity index (χ2v) is 9.25. The van der Waals surface area contributed by atoms with E-state index in [9.17, 15) is 10.1 Å². The van der Waals surface area contributed by atoms with Crippen molar-refractivity contribution in [3.63, 3.8) is 0 Å². The van der Waals surface area contributed by atoms with Crippen LogP contribution in [0.25, 0.3) is 5.69 Å². The number of hydrogen-bond donors (Lipinski definition) is 1. The molecule has 0 saturated carbocycles. The minimum absolute atomic E-state index is 0.134. The fourth-order valence-corrected chi connectivity index (χ4v) is 5.66. The molecule has 2 aromatic heterocycles. The van der Waals surface area contributed by atoms with Gasteiger partial charge in [0, 0.05) is 23.1 Å². The molecule has 1 aliphatic rings. The van der Waals surface area contributed by atoms with Crippen molar-refractivity contribution < 1.29 is 14.3 Å². The van der Waals surface area contributed by atoms with Crippen LogP contribution < -0.4 is 14.8 Å². The minimum atomic E-state index is -0.134. The molecule has 2 heterocycles. The molecule has 1 amide bonds. The third-order valence-electron chi connectivity index (χ3n) is 5.15. The van der Waals surface area contributed by atoms with Gasteiger partial charge in [-0.05, 0) is 53.8 Å². The number of aryl methyl sites for hydroxylation is 1. The van der Waals surface area contributed by atoms with Crippen molar-refractivity contribution in [3.8, 4) is 23.3 Å². The molecule has 0 bridgehead atoms. The van der Waals surface area contributed by atoms with Gasteiger partial charge in [-0.3, -0.25) is 4.79 Å². The average molecular weight is 471 g/mol. The quantitative estimate of drug-likeness (QED) is 0.497. The molecule has 0 atom stereocenters. The lowest BCUT2D eigenvalue weighted by Gasteiger charge is -2.11. The van der Waals surface area contributed by atoms with Gasteiger partial charge in [0.1, 0.15) is 28.3 Å². The number of carbonyl (C=O) groups excluding carboxylic acids is 1. The van der Waals surface area contributed by atoms with E-state index in [1.807, 2.05) is 0 Å². The van der Waals surface area contributed by atoms with Crippen LogP contribution in [0.4, 0.5) is 5.00 Å². The summed E-state index contributed by atoms with van der Waals surface area (Å²) in [5, 5.41) is 25.6. The average Bonchev–Trinajstić information content (AvgIpc) is 3.42. The Kier molecular flexibility index (Phi) is 6.92. The summed E-state index contributed by atoms with van der Waals surface area (Å²) in [6.07, 6.45) is 4.39. The molecular weight excluding hydrogens is 448 g/mol. The Bertz CT molecular complexity index is 1170. The predicted octanol–water partition coefficient (Wildman–Crippen LogP) is 3.61. The van der Waals surface area contributed by atoms with E-state index in [0.29, 0.717) is 38.7 Å². The van der Waals surface area contributed by atoms with Crippen molar-refractivity contribution in [1.82, 2.24) is 20.2 Å². The van der Waals surface area contributed by atoms with Gasteiger partial charge in [0.05, 0.1) is 19.8 Å². The molecule has 0 aliphatic heterocycles. The number of nitriles is 1. The number of nitrogens with zero attached hydrogens (tertiary/aromatic N) is 5. The van der Waals surface area contributed by atoms with Gasteiger partial charge in [-0.2, -0.15) is 9.94 Å². The number of hydrogen-bond acceptors (Lipinski definition) is 9. The van der Waals surface area contributed by atoms with Crippen molar-refractivity contribution in [1.29, 1.82) is 5.26 Å². The van der Waals surface area contributed by atoms with Gasteiger partial charge in [0.25, 0.3) is 0 Å². The molecule has 32 heavy (non-hydrogen) atoms. The van der Waals surface area contributed by atoms with Gasteiger partial charge in [-0.15, -0.1) is 16.4 Å². The highest BCUT2D eigenvalue weighted by molar-refractivity contribution is 7.99. The van der Waals surface area contributed by atoms with Gasteiger partial charge in [0.2, 0.25) is 11.1 Å². The Labute approximate surface area is 193 Å². The smallest absolute Gasteiger partial charge is 0.225 e. The summed E-state index contributed by atoms with van der Waals surface area (Å²) in [5.74, 6) is 1.60. The molecule has 0 spiro atoms. The molecule has 1 aliphatic carbocycles. The fourth-order valence-electron chi connectivity index (χ4n) is 3.58. The lowest BCUT2D eigenvalue weighted by atomic mass is 9.96. The van der Waals surface area contributed by atoms with Crippen LogP contribution in [0.3, 0.4) is 0 Å². The Morgan fingerprint density at radius 3 is 2.94 bits per heavy atom. The van der Waals surface area contributed by atoms with Crippen LogP contribution in [-0.2, 0) is 17.6 Å². The number of anilines is 1. The first-order valence-electron chi connectivity index (χ1n) is 10.1. The topological polar surface area (TPSA) is 115 Å². The summed E-state index contributed by atoms with van der Waals surface area (Å²) >= 11 is 2.90. The van der Waals surface area contributed by atoms with Crippen LogP contribution in [-0.4, -0.2) is 46.1 Å². The van der Waals surface area contributed by atoms with Crippen LogP contribution >= 0.6 is 23.1 Å². The zero-order valence-electron chi connectivity index (χ0n) is 17.8. The standard InChI is InChI=1S/C21H22N6O3S2/c1-29-13-7-8-17(30-2)16(11-13)27-21(24-25-26-27)31-10-9-19(28)23-20-15(12-22)14-5-3-4-6-18(14)32-20/h7-8,11H,3-6,9-10H2,1-2H3,(H,23,28). The lowest BCUT2D eigenvalue weighted by molar-refractivity contribution is -0.115. The van der Waals surface area contributed by atoms with E-state index in [4.69, 9.17) is 9.47 Å². The maximum atomic E-state index is 12.5. The van der Waals surface area contributed by atoms with Crippen molar-refractivity contribution in [2.75, 3.05) is 25.3 Å². The molecule has 0 saturated heterocycles. The zero-order chi connectivity index (χ0) is 22.5.